The molecule has 0 aliphatic heterocycles. The quantitative estimate of drug-likeness (QED) is 0.114. The summed E-state index contributed by atoms with van der Waals surface area (Å²) in [5.41, 5.74) is 0. The number of benzene rings is 3. The highest BCUT2D eigenvalue weighted by atomic mass is 127. The molecule has 3 aromatic rings. The van der Waals surface area contributed by atoms with Crippen molar-refractivity contribution in [1.82, 2.24) is 0 Å². The third-order valence-corrected chi connectivity index (χ3v) is 11.2. The molecule has 2 nitrogen and oxygen atoms in total. The molecule has 0 amide bonds. The summed E-state index contributed by atoms with van der Waals surface area (Å²) >= 11 is 0. The first-order valence-electron chi connectivity index (χ1n) is 12.9. The summed E-state index contributed by atoms with van der Waals surface area (Å²) in [6.07, 6.45) is 12.8. The number of esters is 1. The minimum absolute atomic E-state index is 0. The molecule has 0 saturated heterocycles. The average Bonchev–Trinajstić information content (AvgIpc) is 2.91. The summed E-state index contributed by atoms with van der Waals surface area (Å²) in [5, 5.41) is 4.46. The average molecular weight is 603 g/mol. The van der Waals surface area contributed by atoms with Crippen molar-refractivity contribution in [2.24, 2.45) is 0 Å². The van der Waals surface area contributed by atoms with Gasteiger partial charge in [-0.2, -0.15) is 0 Å². The van der Waals surface area contributed by atoms with Crippen molar-refractivity contribution >= 4 is 29.1 Å². The zero-order chi connectivity index (χ0) is 23.9. The van der Waals surface area contributed by atoms with E-state index in [2.05, 4.69) is 91.0 Å². The van der Waals surface area contributed by atoms with E-state index < -0.39 is 7.26 Å². The van der Waals surface area contributed by atoms with Crippen LogP contribution in [0.15, 0.2) is 91.0 Å². The molecular formula is C31H40IO2P. The van der Waals surface area contributed by atoms with Gasteiger partial charge >= 0.3 is 5.97 Å². The van der Waals surface area contributed by atoms with Gasteiger partial charge in [0.2, 0.25) is 0 Å². The van der Waals surface area contributed by atoms with E-state index in [0.29, 0.717) is 6.42 Å². The van der Waals surface area contributed by atoms with E-state index in [1.165, 1.54) is 74.1 Å². The van der Waals surface area contributed by atoms with Crippen LogP contribution >= 0.6 is 7.26 Å². The second kappa shape index (κ2) is 16.9. The summed E-state index contributed by atoms with van der Waals surface area (Å²) < 4.78 is 4.70. The predicted octanol–water partition coefficient (Wildman–Crippen LogP) is 4.06. The van der Waals surface area contributed by atoms with E-state index in [4.69, 9.17) is 4.74 Å². The number of ether oxygens (including phenoxy) is 1. The summed E-state index contributed by atoms with van der Waals surface area (Å²) in [4.78, 5) is 11.2. The number of unbranched alkanes of at least 4 members (excludes halogenated alkanes) is 8. The van der Waals surface area contributed by atoms with Gasteiger partial charge in [-0.3, -0.25) is 4.79 Å². The molecule has 0 N–H and O–H groups in total. The number of hydrogen-bond acceptors (Lipinski definition) is 2. The molecule has 0 unspecified atom stereocenters. The molecule has 0 aliphatic carbocycles. The Morgan fingerprint density at radius 3 is 1.29 bits per heavy atom. The number of carbonyl (C=O) groups excluding carboxylic acids is 1. The molecular weight excluding hydrogens is 562 g/mol. The summed E-state index contributed by atoms with van der Waals surface area (Å²) in [6.45, 7) is 0. The lowest BCUT2D eigenvalue weighted by Crippen LogP contribution is -3.00. The number of rotatable bonds is 15. The van der Waals surface area contributed by atoms with E-state index in [-0.39, 0.29) is 29.9 Å². The maximum atomic E-state index is 11.2. The molecule has 0 aromatic heterocycles. The molecule has 0 saturated carbocycles. The highest BCUT2D eigenvalue weighted by Crippen LogP contribution is 2.55. The first kappa shape index (κ1) is 29.5. The van der Waals surface area contributed by atoms with Gasteiger partial charge in [-0.25, -0.2) is 0 Å². The Morgan fingerprint density at radius 1 is 0.571 bits per heavy atom. The number of halogens is 1. The van der Waals surface area contributed by atoms with E-state index >= 15 is 0 Å². The van der Waals surface area contributed by atoms with Crippen LogP contribution in [0.3, 0.4) is 0 Å². The Balaban J connectivity index is 0.00000432. The molecule has 4 heteroatoms. The molecule has 0 radical (unpaired) electrons. The predicted molar refractivity (Wildman–Crippen MR) is 148 cm³/mol. The molecule has 3 aromatic carbocycles. The van der Waals surface area contributed by atoms with Crippen LogP contribution in [0, 0.1) is 0 Å². The molecule has 0 bridgehead atoms. The monoisotopic (exact) mass is 602 g/mol. The lowest BCUT2D eigenvalue weighted by molar-refractivity contribution is -0.140. The van der Waals surface area contributed by atoms with Crippen LogP contribution in [-0.4, -0.2) is 19.2 Å². The zero-order valence-corrected chi connectivity index (χ0v) is 24.1. The number of carbonyl (C=O) groups is 1. The van der Waals surface area contributed by atoms with Crippen LogP contribution in [-0.2, 0) is 9.53 Å². The SMILES string of the molecule is COC(=O)CCCCCCCCCCC[P+](c1ccccc1)(c1ccccc1)c1ccccc1.[I-]. The number of hydrogen-bond donors (Lipinski definition) is 0. The highest BCUT2D eigenvalue weighted by Gasteiger charge is 2.44. The largest absolute Gasteiger partial charge is 1.00 e. The van der Waals surface area contributed by atoms with Crippen LogP contribution in [0.5, 0.6) is 0 Å². The van der Waals surface area contributed by atoms with Crippen molar-refractivity contribution in [2.45, 2.75) is 64.2 Å². The van der Waals surface area contributed by atoms with Gasteiger partial charge in [-0.15, -0.1) is 0 Å². The topological polar surface area (TPSA) is 26.3 Å². The van der Waals surface area contributed by atoms with Crippen molar-refractivity contribution in [3.63, 3.8) is 0 Å². The number of methoxy groups -OCH3 is 1. The van der Waals surface area contributed by atoms with Gasteiger partial charge in [0, 0.05) is 6.42 Å². The fourth-order valence-corrected chi connectivity index (χ4v) is 9.25. The lowest BCUT2D eigenvalue weighted by Gasteiger charge is -2.27. The molecule has 3 rings (SSSR count). The second-order valence-electron chi connectivity index (χ2n) is 9.05. The van der Waals surface area contributed by atoms with Gasteiger partial charge in [0.15, 0.2) is 0 Å². The Labute approximate surface area is 230 Å². The minimum atomic E-state index is -1.68. The Bertz CT molecular complexity index is 851. The normalized spacial score (nSPS) is 11.0. The molecule has 0 fully saturated rings. The van der Waals surface area contributed by atoms with Crippen molar-refractivity contribution in [1.29, 1.82) is 0 Å². The zero-order valence-electron chi connectivity index (χ0n) is 21.1. The van der Waals surface area contributed by atoms with Crippen LogP contribution < -0.4 is 39.9 Å². The van der Waals surface area contributed by atoms with Crippen molar-refractivity contribution in [2.75, 3.05) is 13.3 Å². The summed E-state index contributed by atoms with van der Waals surface area (Å²) in [7, 11) is -0.210. The van der Waals surface area contributed by atoms with E-state index in [1.54, 1.807) is 0 Å². The standard InChI is InChI=1S/C31H40O2P.HI/c1-33-31(32)26-18-7-5-3-2-4-6-8-19-27-34(28-20-12-9-13-21-28,29-22-14-10-15-23-29)30-24-16-11-17-25-30;/h9-17,20-25H,2-8,18-19,26-27H2,1H3;1H/q+1;/p-1. The lowest BCUT2D eigenvalue weighted by atomic mass is 10.1. The fraction of sp³-hybridized carbons (Fsp3) is 0.387. The van der Waals surface area contributed by atoms with Gasteiger partial charge in [0.1, 0.15) is 23.2 Å². The highest BCUT2D eigenvalue weighted by molar-refractivity contribution is 7.95. The van der Waals surface area contributed by atoms with Crippen molar-refractivity contribution < 1.29 is 33.5 Å². The maximum absolute atomic E-state index is 11.2. The van der Waals surface area contributed by atoms with Gasteiger partial charge in [0.05, 0.1) is 13.3 Å². The van der Waals surface area contributed by atoms with Crippen LogP contribution in [0.4, 0.5) is 0 Å². The fourth-order valence-electron chi connectivity index (χ4n) is 4.84. The van der Waals surface area contributed by atoms with E-state index in [9.17, 15) is 4.79 Å². The van der Waals surface area contributed by atoms with Crippen molar-refractivity contribution in [3.8, 4) is 0 Å². The van der Waals surface area contributed by atoms with Gasteiger partial charge in [-0.1, -0.05) is 93.1 Å². The summed E-state index contributed by atoms with van der Waals surface area (Å²) in [5.74, 6) is -0.0829. The van der Waals surface area contributed by atoms with E-state index in [1.807, 2.05) is 0 Å². The second-order valence-corrected chi connectivity index (χ2v) is 12.7. The van der Waals surface area contributed by atoms with Crippen LogP contribution in [0.25, 0.3) is 0 Å². The smallest absolute Gasteiger partial charge is 0.305 e. The Kier molecular flexibility index (Phi) is 14.2. The molecule has 0 spiro atoms. The van der Waals surface area contributed by atoms with Gasteiger partial charge < -0.3 is 28.7 Å². The summed E-state index contributed by atoms with van der Waals surface area (Å²) in [6, 6.07) is 33.6. The van der Waals surface area contributed by atoms with E-state index in [0.717, 1.165) is 12.8 Å². The van der Waals surface area contributed by atoms with Gasteiger partial charge in [-0.05, 0) is 55.7 Å². The molecule has 35 heavy (non-hydrogen) atoms. The van der Waals surface area contributed by atoms with Crippen LogP contribution in [0.1, 0.15) is 64.2 Å². The van der Waals surface area contributed by atoms with Crippen molar-refractivity contribution in [3.05, 3.63) is 91.0 Å². The maximum Gasteiger partial charge on any atom is 0.305 e. The Hall–Kier alpha value is -1.71. The third-order valence-electron chi connectivity index (χ3n) is 6.69. The molecule has 0 aliphatic rings. The first-order valence-corrected chi connectivity index (χ1v) is 14.9. The van der Waals surface area contributed by atoms with Gasteiger partial charge in [0.25, 0.3) is 0 Å². The molecule has 188 valence electrons. The third kappa shape index (κ3) is 9.03. The van der Waals surface area contributed by atoms with Crippen LogP contribution in [0.2, 0.25) is 0 Å². The molecule has 0 heterocycles. The Morgan fingerprint density at radius 2 is 0.914 bits per heavy atom. The minimum Gasteiger partial charge on any atom is -1.00 e. The first-order chi connectivity index (χ1) is 16.8. The molecule has 0 atom stereocenters.